The summed E-state index contributed by atoms with van der Waals surface area (Å²) in [5.41, 5.74) is 1.09. The lowest BCUT2D eigenvalue weighted by Gasteiger charge is -2.37. The first kappa shape index (κ1) is 23.1. The van der Waals surface area contributed by atoms with Crippen LogP contribution in [0.25, 0.3) is 0 Å². The van der Waals surface area contributed by atoms with Crippen LogP contribution in [0.5, 0.6) is 0 Å². The van der Waals surface area contributed by atoms with Gasteiger partial charge in [0, 0.05) is 39.8 Å². The first-order chi connectivity index (χ1) is 15.0. The minimum atomic E-state index is -1.08. The van der Waals surface area contributed by atoms with Crippen molar-refractivity contribution in [2.45, 2.75) is 6.42 Å². The average molecular weight is 434 g/mol. The largest absolute Gasteiger partial charge is 0.478 e. The summed E-state index contributed by atoms with van der Waals surface area (Å²) >= 11 is 0. The van der Waals surface area contributed by atoms with Crippen molar-refractivity contribution in [1.29, 1.82) is 0 Å². The Morgan fingerprint density at radius 2 is 1.97 bits per heavy atom. The normalized spacial score (nSPS) is 17.0. The van der Waals surface area contributed by atoms with E-state index in [1.54, 1.807) is 18.1 Å². The van der Waals surface area contributed by atoms with E-state index in [0.29, 0.717) is 31.1 Å². The van der Waals surface area contributed by atoms with E-state index in [9.17, 15) is 19.5 Å². The molecule has 2 aliphatic heterocycles. The molecule has 2 aliphatic rings. The number of fused-ring (bicyclic) bond motifs is 1. The number of nitrogens with zero attached hydrogens (tertiary/aromatic N) is 3. The van der Waals surface area contributed by atoms with Crippen molar-refractivity contribution >= 4 is 29.2 Å². The zero-order valence-corrected chi connectivity index (χ0v) is 17.8. The highest BCUT2D eigenvalue weighted by molar-refractivity contribution is 6.12. The maximum absolute atomic E-state index is 12.9. The van der Waals surface area contributed by atoms with Crippen molar-refractivity contribution in [1.82, 2.24) is 10.2 Å². The van der Waals surface area contributed by atoms with Gasteiger partial charge in [0.05, 0.1) is 43.3 Å². The number of carbonyl (C=O) groups is 3. The number of carboxylic acid groups (broad SMARTS) is 1. The van der Waals surface area contributed by atoms with E-state index in [0.717, 1.165) is 39.3 Å². The van der Waals surface area contributed by atoms with Gasteiger partial charge in [-0.2, -0.15) is 0 Å². The van der Waals surface area contributed by atoms with Crippen LogP contribution < -0.4 is 15.1 Å². The van der Waals surface area contributed by atoms with Crippen LogP contribution >= 0.6 is 0 Å². The molecule has 10 heteroatoms. The molecule has 2 amide bonds. The second-order valence-corrected chi connectivity index (χ2v) is 7.51. The van der Waals surface area contributed by atoms with Gasteiger partial charge in [-0.15, -0.1) is 0 Å². The van der Waals surface area contributed by atoms with E-state index in [1.807, 2.05) is 0 Å². The van der Waals surface area contributed by atoms with Crippen molar-refractivity contribution in [3.63, 3.8) is 0 Å². The lowest BCUT2D eigenvalue weighted by Crippen LogP contribution is -2.51. The molecule has 0 saturated carbocycles. The molecular weight excluding hydrogens is 404 g/mol. The summed E-state index contributed by atoms with van der Waals surface area (Å²) in [7, 11) is 1.57. The quantitative estimate of drug-likeness (QED) is 0.496. The van der Waals surface area contributed by atoms with Crippen LogP contribution in [-0.4, -0.2) is 101 Å². The first-order valence-electron chi connectivity index (χ1n) is 10.5. The van der Waals surface area contributed by atoms with Crippen molar-refractivity contribution in [3.8, 4) is 0 Å². The Kier molecular flexibility index (Phi) is 8.35. The van der Waals surface area contributed by atoms with Crippen LogP contribution in [0.3, 0.4) is 0 Å². The lowest BCUT2D eigenvalue weighted by atomic mass is 10.1. The molecule has 0 unspecified atom stereocenters. The van der Waals surface area contributed by atoms with Crippen molar-refractivity contribution in [2.24, 2.45) is 0 Å². The van der Waals surface area contributed by atoms with Gasteiger partial charge < -0.3 is 24.8 Å². The Morgan fingerprint density at radius 1 is 1.19 bits per heavy atom. The molecule has 2 N–H and O–H groups in total. The molecule has 0 radical (unpaired) electrons. The molecule has 3 rings (SSSR count). The van der Waals surface area contributed by atoms with Gasteiger partial charge in [0.1, 0.15) is 6.54 Å². The van der Waals surface area contributed by atoms with Gasteiger partial charge >= 0.3 is 5.97 Å². The van der Waals surface area contributed by atoms with Crippen molar-refractivity contribution < 1.29 is 29.0 Å². The predicted octanol–water partition coefficient (Wildman–Crippen LogP) is 0.0227. The highest BCUT2D eigenvalue weighted by atomic mass is 16.5. The second-order valence-electron chi connectivity index (χ2n) is 7.51. The summed E-state index contributed by atoms with van der Waals surface area (Å²) in [6, 6.07) is 4.55. The van der Waals surface area contributed by atoms with E-state index in [2.05, 4.69) is 10.2 Å². The van der Waals surface area contributed by atoms with E-state index < -0.39 is 5.97 Å². The Labute approximate surface area is 181 Å². The Hall–Kier alpha value is -2.53. The molecule has 10 nitrogen and oxygen atoms in total. The van der Waals surface area contributed by atoms with Gasteiger partial charge in [0.25, 0.3) is 0 Å². The fourth-order valence-electron chi connectivity index (χ4n) is 3.75. The molecule has 0 aromatic heterocycles. The summed E-state index contributed by atoms with van der Waals surface area (Å²) in [6.07, 6.45) is 0.776. The van der Waals surface area contributed by atoms with Gasteiger partial charge in [-0.1, -0.05) is 0 Å². The monoisotopic (exact) mass is 434 g/mol. The Balaban J connectivity index is 1.73. The molecule has 0 atom stereocenters. The number of nitrogens with one attached hydrogen (secondary N) is 1. The Bertz CT molecular complexity index is 796. The molecule has 31 heavy (non-hydrogen) atoms. The molecule has 1 fully saturated rings. The average Bonchev–Trinajstić information content (AvgIpc) is 2.78. The summed E-state index contributed by atoms with van der Waals surface area (Å²) < 4.78 is 10.3. The zero-order valence-electron chi connectivity index (χ0n) is 17.8. The van der Waals surface area contributed by atoms with E-state index >= 15 is 0 Å². The fraction of sp³-hybridized carbons (Fsp3) is 0.571. The first-order valence-corrected chi connectivity index (χ1v) is 10.5. The summed E-state index contributed by atoms with van der Waals surface area (Å²) in [6.45, 7) is 5.43. The van der Waals surface area contributed by atoms with Gasteiger partial charge in [0.2, 0.25) is 11.8 Å². The molecule has 0 bridgehead atoms. The number of amides is 2. The van der Waals surface area contributed by atoms with Gasteiger partial charge in [-0.05, 0) is 24.6 Å². The molecule has 1 saturated heterocycles. The number of methoxy groups -OCH3 is 1. The minimum Gasteiger partial charge on any atom is -0.478 e. The molecular formula is C21H30N4O6. The molecule has 2 heterocycles. The van der Waals surface area contributed by atoms with Gasteiger partial charge in [-0.25, -0.2) is 4.79 Å². The molecule has 1 aromatic rings. The lowest BCUT2D eigenvalue weighted by molar-refractivity contribution is -0.122. The number of hydrogen-bond donors (Lipinski definition) is 2. The van der Waals surface area contributed by atoms with E-state index in [4.69, 9.17) is 9.47 Å². The SMILES string of the molecule is COCCNCC(=O)N1CC(=O)N(CCCN2CCOCC2)c2ccc(C(=O)O)cc21. The molecule has 1 aromatic carbocycles. The third kappa shape index (κ3) is 6.01. The zero-order chi connectivity index (χ0) is 22.2. The standard InChI is InChI=1S/C21H30N4O6/c1-30-10-5-22-14-19(26)25-15-20(27)24(7-2-6-23-8-11-31-12-9-23)17-4-3-16(21(28)29)13-18(17)25/h3-4,13,22H,2,5-12,14-15H2,1H3,(H,28,29). The minimum absolute atomic E-state index is 0.0322. The molecule has 0 aliphatic carbocycles. The number of rotatable bonds is 10. The van der Waals surface area contributed by atoms with Crippen molar-refractivity contribution in [2.75, 3.05) is 82.5 Å². The van der Waals surface area contributed by atoms with Gasteiger partial charge in [0.15, 0.2) is 0 Å². The van der Waals surface area contributed by atoms with Crippen LogP contribution in [0, 0.1) is 0 Å². The summed E-state index contributed by atoms with van der Waals surface area (Å²) in [4.78, 5) is 42.4. The van der Waals surface area contributed by atoms with E-state index in [-0.39, 0.29) is 30.5 Å². The number of benzene rings is 1. The number of anilines is 2. The van der Waals surface area contributed by atoms with Crippen LogP contribution in [0.2, 0.25) is 0 Å². The predicted molar refractivity (Wildman–Crippen MR) is 115 cm³/mol. The van der Waals surface area contributed by atoms with Crippen LogP contribution in [0.15, 0.2) is 18.2 Å². The Morgan fingerprint density at radius 3 is 2.68 bits per heavy atom. The van der Waals surface area contributed by atoms with E-state index in [1.165, 1.54) is 17.0 Å². The summed E-state index contributed by atoms with van der Waals surface area (Å²) in [5, 5.41) is 12.4. The number of aromatic carboxylic acids is 1. The number of carbonyl (C=O) groups excluding carboxylic acids is 2. The highest BCUT2D eigenvalue weighted by Gasteiger charge is 2.33. The molecule has 0 spiro atoms. The topological polar surface area (TPSA) is 112 Å². The maximum atomic E-state index is 12.9. The second kappa shape index (κ2) is 11.2. The third-order valence-electron chi connectivity index (χ3n) is 5.42. The highest BCUT2D eigenvalue weighted by Crippen LogP contribution is 2.35. The van der Waals surface area contributed by atoms with Crippen molar-refractivity contribution in [3.05, 3.63) is 23.8 Å². The molecule has 170 valence electrons. The number of carboxylic acids is 1. The number of hydrogen-bond acceptors (Lipinski definition) is 7. The summed E-state index contributed by atoms with van der Waals surface area (Å²) in [5.74, 6) is -1.55. The third-order valence-corrected chi connectivity index (χ3v) is 5.42. The van der Waals surface area contributed by atoms with Crippen LogP contribution in [-0.2, 0) is 19.1 Å². The number of morpholine rings is 1. The maximum Gasteiger partial charge on any atom is 0.335 e. The number of ether oxygens (including phenoxy) is 2. The smallest absolute Gasteiger partial charge is 0.335 e. The van der Waals surface area contributed by atoms with Gasteiger partial charge in [-0.3, -0.25) is 19.4 Å². The van der Waals surface area contributed by atoms with Crippen LogP contribution in [0.4, 0.5) is 11.4 Å². The van der Waals surface area contributed by atoms with Crippen LogP contribution in [0.1, 0.15) is 16.8 Å². The fourth-order valence-corrected chi connectivity index (χ4v) is 3.75.